The zero-order valence-corrected chi connectivity index (χ0v) is 22.9. The van der Waals surface area contributed by atoms with Crippen molar-refractivity contribution in [3.05, 3.63) is 57.3 Å². The Bertz CT molecular complexity index is 1360. The predicted molar refractivity (Wildman–Crippen MR) is 149 cm³/mol. The lowest BCUT2D eigenvalue weighted by molar-refractivity contribution is 0.233. The van der Waals surface area contributed by atoms with E-state index in [1.807, 2.05) is 25.4 Å². The van der Waals surface area contributed by atoms with E-state index in [1.54, 1.807) is 10.9 Å². The summed E-state index contributed by atoms with van der Waals surface area (Å²) in [5.41, 5.74) is 3.96. The molecule has 5 rings (SSSR count). The number of nitrogens with one attached hydrogen (secondary N) is 2. The van der Waals surface area contributed by atoms with Gasteiger partial charge in [0.1, 0.15) is 11.3 Å². The standard InChI is InChI=1S/C26H30FIN8/c1-4-16(2)25-19-11-18(12-20(27)24(19)34-35(25)3)23-21(28)14-31-26(33-23)32-22-6-5-17(13-30-22)15-36-9-7-29-8-10-36/h5-6,11-14,16,29H,4,7-10,15H2,1-3H3,(H,30,31,32,33). The van der Waals surface area contributed by atoms with E-state index in [9.17, 15) is 0 Å². The maximum Gasteiger partial charge on any atom is 0.228 e. The molecule has 1 atom stereocenters. The summed E-state index contributed by atoms with van der Waals surface area (Å²) < 4.78 is 17.8. The number of hydrogen-bond acceptors (Lipinski definition) is 7. The molecule has 1 saturated heterocycles. The smallest absolute Gasteiger partial charge is 0.228 e. The summed E-state index contributed by atoms with van der Waals surface area (Å²) in [6.45, 7) is 9.29. The first-order valence-electron chi connectivity index (χ1n) is 12.3. The molecule has 0 radical (unpaired) electrons. The number of nitrogens with zero attached hydrogens (tertiary/aromatic N) is 6. The van der Waals surface area contributed by atoms with Gasteiger partial charge in [0.05, 0.1) is 9.26 Å². The molecule has 0 aliphatic carbocycles. The average Bonchev–Trinajstić information content (AvgIpc) is 3.23. The highest BCUT2D eigenvalue weighted by Gasteiger charge is 2.20. The number of aromatic nitrogens is 5. The summed E-state index contributed by atoms with van der Waals surface area (Å²) in [5, 5.41) is 11.8. The van der Waals surface area contributed by atoms with Gasteiger partial charge in [-0.25, -0.2) is 19.3 Å². The molecule has 4 aromatic rings. The van der Waals surface area contributed by atoms with Gasteiger partial charge in [-0.05, 0) is 58.7 Å². The fraction of sp³-hybridized carbons (Fsp3) is 0.385. The van der Waals surface area contributed by atoms with Crippen LogP contribution >= 0.6 is 22.6 Å². The van der Waals surface area contributed by atoms with Crippen LogP contribution in [0.15, 0.2) is 36.7 Å². The number of fused-ring (bicyclic) bond motifs is 1. The van der Waals surface area contributed by atoms with Crippen LogP contribution in [0.3, 0.4) is 0 Å². The minimum absolute atomic E-state index is 0.261. The number of benzene rings is 1. The molecule has 1 fully saturated rings. The van der Waals surface area contributed by atoms with Crippen molar-refractivity contribution < 1.29 is 4.39 Å². The quantitative estimate of drug-likeness (QED) is 0.294. The van der Waals surface area contributed by atoms with Crippen molar-refractivity contribution in [1.82, 2.24) is 34.9 Å². The maximum atomic E-state index is 15.1. The predicted octanol–water partition coefficient (Wildman–Crippen LogP) is 4.83. The Hall–Kier alpha value is -2.70. The normalized spacial score (nSPS) is 15.4. The summed E-state index contributed by atoms with van der Waals surface area (Å²) in [4.78, 5) is 16.1. The van der Waals surface area contributed by atoms with Crippen molar-refractivity contribution in [2.75, 3.05) is 31.5 Å². The third kappa shape index (κ3) is 5.21. The van der Waals surface area contributed by atoms with Gasteiger partial charge >= 0.3 is 0 Å². The first kappa shape index (κ1) is 25.0. The van der Waals surface area contributed by atoms with Crippen molar-refractivity contribution in [2.45, 2.75) is 32.7 Å². The fourth-order valence-electron chi connectivity index (χ4n) is 4.65. The van der Waals surface area contributed by atoms with Crippen LogP contribution in [0.1, 0.15) is 37.4 Å². The zero-order valence-electron chi connectivity index (χ0n) is 20.7. The minimum atomic E-state index is -0.349. The number of rotatable bonds is 7. The van der Waals surface area contributed by atoms with Gasteiger partial charge in [0.25, 0.3) is 0 Å². The summed E-state index contributed by atoms with van der Waals surface area (Å²) in [5.74, 6) is 0.996. The number of halogens is 2. The summed E-state index contributed by atoms with van der Waals surface area (Å²) >= 11 is 2.19. The second kappa shape index (κ2) is 10.7. The highest BCUT2D eigenvalue weighted by Crippen LogP contribution is 2.34. The first-order valence-corrected chi connectivity index (χ1v) is 13.3. The molecule has 1 unspecified atom stereocenters. The molecular weight excluding hydrogens is 570 g/mol. The van der Waals surface area contributed by atoms with Crippen molar-refractivity contribution in [2.24, 2.45) is 7.05 Å². The Morgan fingerprint density at radius 1 is 1.17 bits per heavy atom. The number of hydrogen-bond donors (Lipinski definition) is 2. The van der Waals surface area contributed by atoms with Gasteiger partial charge in [0, 0.05) is 68.8 Å². The zero-order chi connectivity index (χ0) is 25.2. The van der Waals surface area contributed by atoms with Gasteiger partial charge < -0.3 is 10.6 Å². The molecule has 1 aromatic carbocycles. The highest BCUT2D eigenvalue weighted by atomic mass is 127. The number of anilines is 2. The van der Waals surface area contributed by atoms with E-state index in [2.05, 4.69) is 73.1 Å². The Labute approximate surface area is 223 Å². The van der Waals surface area contributed by atoms with Crippen LogP contribution in [0.5, 0.6) is 0 Å². The topological polar surface area (TPSA) is 83.8 Å². The van der Waals surface area contributed by atoms with E-state index < -0.39 is 0 Å². The Balaban J connectivity index is 1.41. The Morgan fingerprint density at radius 2 is 1.97 bits per heavy atom. The molecule has 188 valence electrons. The van der Waals surface area contributed by atoms with E-state index in [-0.39, 0.29) is 11.7 Å². The first-order chi connectivity index (χ1) is 17.4. The largest absolute Gasteiger partial charge is 0.314 e. The van der Waals surface area contributed by atoms with Crippen LogP contribution in [-0.2, 0) is 13.6 Å². The van der Waals surface area contributed by atoms with Crippen LogP contribution in [-0.4, -0.2) is 55.8 Å². The number of piperazine rings is 1. The molecule has 1 aliphatic rings. The Kier molecular flexibility index (Phi) is 7.44. The fourth-order valence-corrected chi connectivity index (χ4v) is 5.22. The number of aryl methyl sites for hydroxylation is 1. The molecule has 10 heteroatoms. The summed E-state index contributed by atoms with van der Waals surface area (Å²) in [6.07, 6.45) is 4.58. The molecule has 0 spiro atoms. The van der Waals surface area contributed by atoms with Crippen LogP contribution in [0.25, 0.3) is 22.2 Å². The monoisotopic (exact) mass is 600 g/mol. The van der Waals surface area contributed by atoms with Crippen molar-refractivity contribution in [3.8, 4) is 11.3 Å². The van der Waals surface area contributed by atoms with E-state index >= 15 is 4.39 Å². The molecule has 1 aliphatic heterocycles. The minimum Gasteiger partial charge on any atom is -0.314 e. The van der Waals surface area contributed by atoms with Gasteiger partial charge in [-0.1, -0.05) is 19.9 Å². The van der Waals surface area contributed by atoms with E-state index in [0.717, 1.165) is 53.8 Å². The van der Waals surface area contributed by atoms with E-state index in [4.69, 9.17) is 4.98 Å². The van der Waals surface area contributed by atoms with Gasteiger partial charge in [-0.3, -0.25) is 9.58 Å². The lowest BCUT2D eigenvalue weighted by Crippen LogP contribution is -2.42. The third-order valence-corrected chi connectivity index (χ3v) is 7.50. The summed E-state index contributed by atoms with van der Waals surface area (Å²) in [6, 6.07) is 7.52. The molecule has 0 saturated carbocycles. The van der Waals surface area contributed by atoms with Gasteiger partial charge in [-0.2, -0.15) is 5.10 Å². The van der Waals surface area contributed by atoms with Gasteiger partial charge in [0.2, 0.25) is 5.95 Å². The maximum absolute atomic E-state index is 15.1. The van der Waals surface area contributed by atoms with Gasteiger partial charge in [-0.15, -0.1) is 0 Å². The lowest BCUT2D eigenvalue weighted by Gasteiger charge is -2.27. The molecule has 3 aromatic heterocycles. The molecule has 4 heterocycles. The van der Waals surface area contributed by atoms with Gasteiger partial charge in [0.15, 0.2) is 5.82 Å². The molecule has 2 N–H and O–H groups in total. The second-order valence-electron chi connectivity index (χ2n) is 9.27. The van der Waals surface area contributed by atoms with Crippen LogP contribution in [0.4, 0.5) is 16.2 Å². The Morgan fingerprint density at radius 3 is 2.69 bits per heavy atom. The highest BCUT2D eigenvalue weighted by molar-refractivity contribution is 14.1. The van der Waals surface area contributed by atoms with E-state index in [1.165, 1.54) is 11.6 Å². The molecular formula is C26H30FIN8. The van der Waals surface area contributed by atoms with Crippen molar-refractivity contribution >= 4 is 45.3 Å². The van der Waals surface area contributed by atoms with Crippen LogP contribution in [0.2, 0.25) is 0 Å². The lowest BCUT2D eigenvalue weighted by atomic mass is 9.99. The van der Waals surface area contributed by atoms with Crippen molar-refractivity contribution in [1.29, 1.82) is 0 Å². The van der Waals surface area contributed by atoms with Crippen LogP contribution in [0, 0.1) is 9.39 Å². The number of pyridine rings is 1. The van der Waals surface area contributed by atoms with E-state index in [0.29, 0.717) is 28.5 Å². The molecule has 8 nitrogen and oxygen atoms in total. The molecule has 0 amide bonds. The van der Waals surface area contributed by atoms with Crippen molar-refractivity contribution in [3.63, 3.8) is 0 Å². The summed E-state index contributed by atoms with van der Waals surface area (Å²) in [7, 11) is 1.87. The third-order valence-electron chi connectivity index (χ3n) is 6.72. The molecule has 0 bridgehead atoms. The average molecular weight is 600 g/mol. The molecule has 36 heavy (non-hydrogen) atoms. The second-order valence-corrected chi connectivity index (χ2v) is 10.4. The van der Waals surface area contributed by atoms with Crippen LogP contribution < -0.4 is 10.6 Å². The SMILES string of the molecule is CCC(C)c1c2cc(-c3nc(Nc4ccc(CN5CCNCC5)cn4)ncc3I)cc(F)c2nn1C.